The summed E-state index contributed by atoms with van der Waals surface area (Å²) in [5.41, 5.74) is 3.23. The number of nitrogens with zero attached hydrogens (tertiary/aromatic N) is 1. The Labute approximate surface area is 122 Å². The van der Waals surface area contributed by atoms with Gasteiger partial charge in [-0.05, 0) is 37.5 Å². The van der Waals surface area contributed by atoms with Crippen LogP contribution in [0.3, 0.4) is 0 Å². The van der Waals surface area contributed by atoms with Crippen LogP contribution >= 0.6 is 11.6 Å². The third kappa shape index (κ3) is 3.63. The molecule has 5 nitrogen and oxygen atoms in total. The molecule has 1 N–H and O–H groups in total. The summed E-state index contributed by atoms with van der Waals surface area (Å²) in [5, 5.41) is 4.36. The highest BCUT2D eigenvalue weighted by molar-refractivity contribution is 6.32. The van der Waals surface area contributed by atoms with Gasteiger partial charge in [0.1, 0.15) is 0 Å². The number of nitrogens with one attached hydrogen (secondary N) is 1. The van der Waals surface area contributed by atoms with Crippen molar-refractivity contribution in [2.45, 2.75) is 19.8 Å². The number of rotatable bonds is 6. The Morgan fingerprint density at radius 1 is 1.55 bits per heavy atom. The van der Waals surface area contributed by atoms with E-state index in [0.717, 1.165) is 18.4 Å². The Morgan fingerprint density at radius 2 is 2.30 bits per heavy atom. The lowest BCUT2D eigenvalue weighted by molar-refractivity contribution is -0.122. The summed E-state index contributed by atoms with van der Waals surface area (Å²) in [6.45, 7) is 2.37. The van der Waals surface area contributed by atoms with E-state index in [4.69, 9.17) is 21.1 Å². The standard InChI is InChI=1S/C14H17ClN2O3/c1-3-20-13-11(15)6-9(7-12(13)19-2)8-16-17-14(18)10-4-5-10/h6-8,10H,3-5H2,1-2H3,(H,17,18)/b16-8-. The first-order chi connectivity index (χ1) is 9.65. The van der Waals surface area contributed by atoms with Crippen LogP contribution in [-0.2, 0) is 4.79 Å². The predicted molar refractivity (Wildman–Crippen MR) is 77.6 cm³/mol. The molecule has 1 aliphatic rings. The van der Waals surface area contributed by atoms with Crippen LogP contribution in [0.5, 0.6) is 11.5 Å². The summed E-state index contributed by atoms with van der Waals surface area (Å²) in [6.07, 6.45) is 3.43. The molecule has 20 heavy (non-hydrogen) atoms. The zero-order valence-corrected chi connectivity index (χ0v) is 12.2. The second-order valence-electron chi connectivity index (χ2n) is 4.48. The van der Waals surface area contributed by atoms with Crippen molar-refractivity contribution in [1.82, 2.24) is 5.43 Å². The average Bonchev–Trinajstić information content (AvgIpc) is 3.25. The number of halogens is 1. The monoisotopic (exact) mass is 296 g/mol. The molecule has 0 radical (unpaired) electrons. The molecule has 0 atom stereocenters. The van der Waals surface area contributed by atoms with E-state index >= 15 is 0 Å². The van der Waals surface area contributed by atoms with Crippen LogP contribution in [0.1, 0.15) is 25.3 Å². The van der Waals surface area contributed by atoms with Crippen molar-refractivity contribution in [2.75, 3.05) is 13.7 Å². The third-order valence-corrected chi connectivity index (χ3v) is 3.16. The molecule has 0 spiro atoms. The number of ether oxygens (including phenoxy) is 2. The van der Waals surface area contributed by atoms with E-state index in [-0.39, 0.29) is 11.8 Å². The Kier molecular flexibility index (Phi) is 4.84. The number of carbonyl (C=O) groups excluding carboxylic acids is 1. The van der Waals surface area contributed by atoms with Gasteiger partial charge in [0.15, 0.2) is 11.5 Å². The molecule has 0 heterocycles. The van der Waals surface area contributed by atoms with Crippen molar-refractivity contribution in [3.8, 4) is 11.5 Å². The topological polar surface area (TPSA) is 59.9 Å². The Bertz CT molecular complexity index is 527. The van der Waals surface area contributed by atoms with Gasteiger partial charge >= 0.3 is 0 Å². The number of amides is 1. The maximum atomic E-state index is 11.4. The molecule has 108 valence electrons. The highest BCUT2D eigenvalue weighted by atomic mass is 35.5. The minimum Gasteiger partial charge on any atom is -0.493 e. The van der Waals surface area contributed by atoms with Gasteiger partial charge in [-0.15, -0.1) is 0 Å². The van der Waals surface area contributed by atoms with Crippen LogP contribution in [0.15, 0.2) is 17.2 Å². The van der Waals surface area contributed by atoms with Crippen LogP contribution in [-0.4, -0.2) is 25.8 Å². The van der Waals surface area contributed by atoms with Gasteiger partial charge in [0.05, 0.1) is 25.0 Å². The van der Waals surface area contributed by atoms with Crippen molar-refractivity contribution in [3.63, 3.8) is 0 Å². The molecule has 1 aromatic rings. The highest BCUT2D eigenvalue weighted by Crippen LogP contribution is 2.36. The van der Waals surface area contributed by atoms with E-state index < -0.39 is 0 Å². The van der Waals surface area contributed by atoms with Gasteiger partial charge in [0.25, 0.3) is 0 Å². The molecular formula is C14H17ClN2O3. The van der Waals surface area contributed by atoms with E-state index in [1.54, 1.807) is 19.2 Å². The number of benzene rings is 1. The number of carbonyl (C=O) groups is 1. The fourth-order valence-corrected chi connectivity index (χ4v) is 1.98. The lowest BCUT2D eigenvalue weighted by Gasteiger charge is -2.11. The van der Waals surface area contributed by atoms with Crippen LogP contribution in [0, 0.1) is 5.92 Å². The summed E-state index contributed by atoms with van der Waals surface area (Å²) >= 11 is 6.14. The molecule has 0 bridgehead atoms. The van der Waals surface area contributed by atoms with Crippen LogP contribution in [0.25, 0.3) is 0 Å². The largest absolute Gasteiger partial charge is 0.493 e. The summed E-state index contributed by atoms with van der Waals surface area (Å²) in [5.74, 6) is 1.14. The van der Waals surface area contributed by atoms with E-state index in [9.17, 15) is 4.79 Å². The molecule has 0 saturated heterocycles. The second kappa shape index (κ2) is 6.61. The molecule has 0 aromatic heterocycles. The first kappa shape index (κ1) is 14.7. The van der Waals surface area contributed by atoms with Crippen molar-refractivity contribution in [2.24, 2.45) is 11.0 Å². The molecular weight excluding hydrogens is 280 g/mol. The lowest BCUT2D eigenvalue weighted by Crippen LogP contribution is -2.18. The van der Waals surface area contributed by atoms with Crippen LogP contribution in [0.4, 0.5) is 0 Å². The predicted octanol–water partition coefficient (Wildman–Crippen LogP) is 2.61. The van der Waals surface area contributed by atoms with E-state index in [0.29, 0.717) is 23.1 Å². The zero-order chi connectivity index (χ0) is 14.5. The van der Waals surface area contributed by atoms with Crippen LogP contribution < -0.4 is 14.9 Å². The summed E-state index contributed by atoms with van der Waals surface area (Å²) < 4.78 is 10.7. The number of methoxy groups -OCH3 is 1. The maximum absolute atomic E-state index is 11.4. The Balaban J connectivity index is 2.09. The van der Waals surface area contributed by atoms with Gasteiger partial charge in [-0.3, -0.25) is 4.79 Å². The van der Waals surface area contributed by atoms with Gasteiger partial charge in [0.2, 0.25) is 5.91 Å². The van der Waals surface area contributed by atoms with Gasteiger partial charge in [-0.25, -0.2) is 5.43 Å². The molecule has 1 saturated carbocycles. The first-order valence-electron chi connectivity index (χ1n) is 6.49. The van der Waals surface area contributed by atoms with Gasteiger partial charge in [0, 0.05) is 5.92 Å². The molecule has 0 aliphatic heterocycles. The molecule has 1 aromatic carbocycles. The fraction of sp³-hybridized carbons (Fsp3) is 0.429. The number of hydrogen-bond acceptors (Lipinski definition) is 4. The van der Waals surface area contributed by atoms with Crippen molar-refractivity contribution in [3.05, 3.63) is 22.7 Å². The molecule has 0 unspecified atom stereocenters. The highest BCUT2D eigenvalue weighted by Gasteiger charge is 2.29. The summed E-state index contributed by atoms with van der Waals surface area (Å²) in [4.78, 5) is 11.4. The van der Waals surface area contributed by atoms with Gasteiger partial charge in [-0.1, -0.05) is 11.6 Å². The summed E-state index contributed by atoms with van der Waals surface area (Å²) in [7, 11) is 1.55. The normalized spacial score (nSPS) is 14.3. The SMILES string of the molecule is CCOc1c(Cl)cc(/C=N\NC(=O)C2CC2)cc1OC. The maximum Gasteiger partial charge on any atom is 0.243 e. The summed E-state index contributed by atoms with van der Waals surface area (Å²) in [6, 6.07) is 3.46. The molecule has 2 rings (SSSR count). The lowest BCUT2D eigenvalue weighted by atomic mass is 10.2. The van der Waals surface area contributed by atoms with E-state index in [1.807, 2.05) is 6.92 Å². The van der Waals surface area contributed by atoms with Crippen molar-refractivity contribution >= 4 is 23.7 Å². The van der Waals surface area contributed by atoms with Gasteiger partial charge < -0.3 is 9.47 Å². The van der Waals surface area contributed by atoms with Crippen molar-refractivity contribution < 1.29 is 14.3 Å². The minimum absolute atomic E-state index is 0.0368. The van der Waals surface area contributed by atoms with Gasteiger partial charge in [-0.2, -0.15) is 5.10 Å². The number of hydrazone groups is 1. The van der Waals surface area contributed by atoms with E-state index in [1.165, 1.54) is 6.21 Å². The molecule has 1 amide bonds. The van der Waals surface area contributed by atoms with E-state index in [2.05, 4.69) is 10.5 Å². The Hall–Kier alpha value is -1.75. The first-order valence-corrected chi connectivity index (χ1v) is 6.86. The smallest absolute Gasteiger partial charge is 0.243 e. The zero-order valence-electron chi connectivity index (χ0n) is 11.5. The van der Waals surface area contributed by atoms with Crippen molar-refractivity contribution in [1.29, 1.82) is 0 Å². The number of hydrogen-bond donors (Lipinski definition) is 1. The fourth-order valence-electron chi connectivity index (χ4n) is 1.71. The van der Waals surface area contributed by atoms with Crippen LogP contribution in [0.2, 0.25) is 5.02 Å². The Morgan fingerprint density at radius 3 is 2.90 bits per heavy atom. The molecule has 1 aliphatic carbocycles. The molecule has 1 fully saturated rings. The molecule has 6 heteroatoms. The average molecular weight is 297 g/mol. The minimum atomic E-state index is -0.0368. The third-order valence-electron chi connectivity index (χ3n) is 2.88. The second-order valence-corrected chi connectivity index (χ2v) is 4.88. The quantitative estimate of drug-likeness (QED) is 0.648.